The van der Waals surface area contributed by atoms with Crippen molar-refractivity contribution < 1.29 is 13.9 Å². The van der Waals surface area contributed by atoms with Gasteiger partial charge in [0.25, 0.3) is 5.56 Å². The highest BCUT2D eigenvalue weighted by Gasteiger charge is 2.28. The van der Waals surface area contributed by atoms with Crippen LogP contribution in [0.25, 0.3) is 22.9 Å². The zero-order valence-electron chi connectivity index (χ0n) is 19.0. The number of esters is 1. The number of anilines is 3. The molecule has 0 saturated carbocycles. The molecule has 4 aliphatic rings. The minimum absolute atomic E-state index is 0.150. The molecule has 0 saturated heterocycles. The van der Waals surface area contributed by atoms with Gasteiger partial charge >= 0.3 is 5.97 Å². The summed E-state index contributed by atoms with van der Waals surface area (Å²) in [5, 5.41) is 5.09. The molecule has 0 atom stereocenters. The Morgan fingerprint density at radius 3 is 2.74 bits per heavy atom. The highest BCUT2D eigenvalue weighted by Crippen LogP contribution is 2.37. The van der Waals surface area contributed by atoms with Crippen LogP contribution in [0, 0.1) is 5.82 Å². The molecule has 174 valence electrons. The number of rotatable bonds is 6. The van der Waals surface area contributed by atoms with Crippen LogP contribution in [0.2, 0.25) is 0 Å². The van der Waals surface area contributed by atoms with Crippen molar-refractivity contribution in [2.45, 2.75) is 12.8 Å². The van der Waals surface area contributed by atoms with Crippen LogP contribution in [0.15, 0.2) is 53.5 Å². The van der Waals surface area contributed by atoms with Crippen LogP contribution in [-0.2, 0) is 9.53 Å². The number of carbonyl (C=O) groups excluding carboxylic acids is 1. The lowest BCUT2D eigenvalue weighted by Gasteiger charge is -2.27. The number of methoxy groups -OCH3 is 1. The molecule has 0 unspecified atom stereocenters. The molecule has 8 heteroatoms. The first-order valence-electron chi connectivity index (χ1n) is 11.2. The summed E-state index contributed by atoms with van der Waals surface area (Å²) < 4.78 is 18.3. The number of halogens is 1. The first-order valence-corrected chi connectivity index (χ1v) is 11.2. The number of hydrogen-bond donors (Lipinski definition) is 2. The lowest BCUT2D eigenvalue weighted by molar-refractivity contribution is -0.140. The van der Waals surface area contributed by atoms with Crippen molar-refractivity contribution in [2.75, 3.05) is 37.0 Å². The summed E-state index contributed by atoms with van der Waals surface area (Å²) in [6.45, 7) is 1.14. The van der Waals surface area contributed by atoms with Crippen molar-refractivity contribution in [3.05, 3.63) is 75.4 Å². The number of fused-ring (bicyclic) bond motifs is 2. The van der Waals surface area contributed by atoms with Crippen molar-refractivity contribution in [1.82, 2.24) is 10.3 Å². The van der Waals surface area contributed by atoms with Crippen LogP contribution >= 0.6 is 0 Å². The highest BCUT2D eigenvalue weighted by atomic mass is 19.1. The molecule has 3 heterocycles. The summed E-state index contributed by atoms with van der Waals surface area (Å²) >= 11 is 0. The normalized spacial score (nSPS) is 14.1. The molecule has 34 heavy (non-hydrogen) atoms. The van der Waals surface area contributed by atoms with Gasteiger partial charge in [-0.15, -0.1) is 0 Å². The van der Waals surface area contributed by atoms with Gasteiger partial charge in [0.1, 0.15) is 5.82 Å². The Balaban J connectivity index is 1.64. The van der Waals surface area contributed by atoms with Gasteiger partial charge in [-0.05, 0) is 55.0 Å². The Labute approximate surface area is 195 Å². The topological polar surface area (TPSA) is 77.7 Å². The van der Waals surface area contributed by atoms with Gasteiger partial charge in [0.05, 0.1) is 24.0 Å². The van der Waals surface area contributed by atoms with E-state index >= 15 is 0 Å². The quantitative estimate of drug-likeness (QED) is 0.434. The van der Waals surface area contributed by atoms with Crippen LogP contribution in [0.5, 0.6) is 0 Å². The molecular weight excluding hydrogens is 435 g/mol. The zero-order valence-corrected chi connectivity index (χ0v) is 19.0. The fourth-order valence-corrected chi connectivity index (χ4v) is 4.62. The predicted octanol–water partition coefficient (Wildman–Crippen LogP) is 2.17. The average molecular weight is 461 g/mol. The van der Waals surface area contributed by atoms with E-state index in [0.29, 0.717) is 31.5 Å². The molecule has 0 radical (unpaired) electrons. The van der Waals surface area contributed by atoms with E-state index < -0.39 is 0 Å². The largest absolute Gasteiger partial charge is 0.469 e. The summed E-state index contributed by atoms with van der Waals surface area (Å²) in [7, 11) is 3.30. The second-order valence-corrected chi connectivity index (χ2v) is 8.34. The molecule has 0 spiro atoms. The number of hydrogen-bond acceptors (Lipinski definition) is 6. The summed E-state index contributed by atoms with van der Waals surface area (Å²) in [4.78, 5) is 31.7. The molecule has 7 nitrogen and oxygen atoms in total. The number of aromatic nitrogens is 1. The van der Waals surface area contributed by atoms with Crippen LogP contribution in [0.3, 0.4) is 0 Å². The first kappa shape index (κ1) is 21.8. The Morgan fingerprint density at radius 1 is 1.18 bits per heavy atom. The van der Waals surface area contributed by atoms with E-state index in [2.05, 4.69) is 15.2 Å². The van der Waals surface area contributed by atoms with Crippen molar-refractivity contribution in [1.29, 1.82) is 0 Å². The van der Waals surface area contributed by atoms with Crippen molar-refractivity contribution in [2.24, 2.45) is 0 Å². The maximum absolute atomic E-state index is 13.5. The molecule has 5 rings (SSSR count). The van der Waals surface area contributed by atoms with E-state index in [4.69, 9.17) is 4.74 Å². The smallest absolute Gasteiger partial charge is 0.305 e. The molecule has 0 bridgehead atoms. The monoisotopic (exact) mass is 460 g/mol. The molecule has 0 aromatic heterocycles. The lowest BCUT2D eigenvalue weighted by Crippen LogP contribution is -2.30. The van der Waals surface area contributed by atoms with Crippen LogP contribution in [-0.4, -0.2) is 38.2 Å². The minimum Gasteiger partial charge on any atom is -0.469 e. The Hall–Kier alpha value is -4.07. The standard InChI is InChI=1S/C26H25FN4O3/c1-30-14-11-19(28-13-3-4-22(32)34-2)18-9-10-21-23-20(29-26(33)24(23)25(18)30)12-15-31(21)17-7-5-16(27)6-8-17/h5-12,14,28H,3-4,13,15H2,1-2H3,(H,29,33). The van der Waals surface area contributed by atoms with E-state index in [1.165, 1.54) is 19.2 Å². The highest BCUT2D eigenvalue weighted by molar-refractivity contribution is 5.93. The number of benzene rings is 1. The second-order valence-electron chi connectivity index (χ2n) is 8.34. The molecule has 3 aliphatic heterocycles. The van der Waals surface area contributed by atoms with Crippen LogP contribution < -0.4 is 31.2 Å². The van der Waals surface area contributed by atoms with E-state index in [1.807, 2.05) is 42.4 Å². The van der Waals surface area contributed by atoms with Crippen LogP contribution in [0.4, 0.5) is 21.5 Å². The fraction of sp³-hybridized carbons (Fsp3) is 0.231. The Bertz CT molecular complexity index is 1440. The van der Waals surface area contributed by atoms with Gasteiger partial charge in [0.15, 0.2) is 0 Å². The third-order valence-corrected chi connectivity index (χ3v) is 6.27. The zero-order chi connectivity index (χ0) is 23.8. The third kappa shape index (κ3) is 3.71. The summed E-state index contributed by atoms with van der Waals surface area (Å²) in [5.41, 5.74) is 4.71. The number of nitrogens with one attached hydrogen (secondary N) is 2. The Kier molecular flexibility index (Phi) is 5.57. The predicted molar refractivity (Wildman–Crippen MR) is 131 cm³/mol. The Morgan fingerprint density at radius 2 is 1.97 bits per heavy atom. The molecule has 1 aliphatic carbocycles. The van der Waals surface area contributed by atoms with E-state index in [9.17, 15) is 14.0 Å². The molecule has 1 aromatic rings. The number of H-pyrrole nitrogens is 1. The van der Waals surface area contributed by atoms with E-state index in [0.717, 1.165) is 38.9 Å². The first-order chi connectivity index (χ1) is 16.5. The third-order valence-electron chi connectivity index (χ3n) is 6.27. The minimum atomic E-state index is -0.293. The van der Waals surface area contributed by atoms with Gasteiger partial charge in [-0.1, -0.05) is 0 Å². The average Bonchev–Trinajstić information content (AvgIpc) is 3.05. The number of aromatic amines is 1. The van der Waals surface area contributed by atoms with Crippen molar-refractivity contribution in [3.8, 4) is 11.1 Å². The molecular formula is C26H25FN4O3. The van der Waals surface area contributed by atoms with Gasteiger partial charge in [-0.3, -0.25) is 9.59 Å². The SMILES string of the molecule is COC(=O)CCCNC1=c2ccc3c4c([nH]c(=O)c-4c2N(C)C=C1)=CCN3c1ccc(F)cc1. The van der Waals surface area contributed by atoms with Gasteiger partial charge in [0.2, 0.25) is 0 Å². The fourth-order valence-electron chi connectivity index (χ4n) is 4.62. The van der Waals surface area contributed by atoms with Gasteiger partial charge < -0.3 is 24.8 Å². The van der Waals surface area contributed by atoms with E-state index in [-0.39, 0.29) is 17.3 Å². The lowest BCUT2D eigenvalue weighted by atomic mass is 10.0. The summed E-state index contributed by atoms with van der Waals surface area (Å²) in [6.07, 6.45) is 6.83. The molecule has 0 amide bonds. The maximum atomic E-state index is 13.5. The number of nitrogens with zero attached hydrogens (tertiary/aromatic N) is 2. The molecule has 1 aromatic carbocycles. The van der Waals surface area contributed by atoms with E-state index in [1.54, 1.807) is 12.1 Å². The molecule has 0 fully saturated rings. The summed E-state index contributed by atoms with van der Waals surface area (Å²) in [5.74, 6) is -0.534. The number of ether oxygens (including phenoxy) is 1. The van der Waals surface area contributed by atoms with Gasteiger partial charge in [-0.2, -0.15) is 0 Å². The summed E-state index contributed by atoms with van der Waals surface area (Å²) in [6, 6.07) is 10.4. The van der Waals surface area contributed by atoms with Crippen molar-refractivity contribution >= 4 is 34.8 Å². The van der Waals surface area contributed by atoms with Crippen LogP contribution in [0.1, 0.15) is 12.8 Å². The maximum Gasteiger partial charge on any atom is 0.305 e. The second kappa shape index (κ2) is 8.70. The van der Waals surface area contributed by atoms with Gasteiger partial charge in [0, 0.05) is 60.3 Å². The van der Waals surface area contributed by atoms with Gasteiger partial charge in [-0.25, -0.2) is 4.39 Å². The number of carbonyl (C=O) groups is 1. The molecule has 2 N–H and O–H groups in total. The van der Waals surface area contributed by atoms with Crippen molar-refractivity contribution in [3.63, 3.8) is 0 Å².